The number of rotatable bonds is 9. The van der Waals surface area contributed by atoms with Gasteiger partial charge in [-0.2, -0.15) is 0 Å². The average molecular weight is 255 g/mol. The molecular formula is C14H25NO3. The summed E-state index contributed by atoms with van der Waals surface area (Å²) < 4.78 is 4.79. The highest BCUT2D eigenvalue weighted by molar-refractivity contribution is 5.91. The Morgan fingerprint density at radius 3 is 2.61 bits per heavy atom. The molecule has 0 aromatic heterocycles. The van der Waals surface area contributed by atoms with Gasteiger partial charge in [0.05, 0.1) is 0 Å². The minimum atomic E-state index is -0.463. The topological polar surface area (TPSA) is 55.4 Å². The Bertz CT molecular complexity index is 278. The Morgan fingerprint density at radius 2 is 2.06 bits per heavy atom. The summed E-state index contributed by atoms with van der Waals surface area (Å²) in [6.45, 7) is 4.48. The molecule has 0 aliphatic carbocycles. The van der Waals surface area contributed by atoms with E-state index in [4.69, 9.17) is 4.74 Å². The SMILES string of the molecule is CCCCCCC(CCC)C(=O)[C@@H]1COC(=O)N1. The summed E-state index contributed by atoms with van der Waals surface area (Å²) in [6.07, 6.45) is 7.13. The molecule has 1 amide bonds. The van der Waals surface area contributed by atoms with Crippen molar-refractivity contribution >= 4 is 11.9 Å². The summed E-state index contributed by atoms with van der Waals surface area (Å²) in [5.41, 5.74) is 0. The maximum Gasteiger partial charge on any atom is 0.407 e. The summed E-state index contributed by atoms with van der Waals surface area (Å²) in [6, 6.07) is -0.416. The predicted molar refractivity (Wildman–Crippen MR) is 70.4 cm³/mol. The fourth-order valence-electron chi connectivity index (χ4n) is 2.42. The maximum atomic E-state index is 12.3. The highest BCUT2D eigenvalue weighted by Crippen LogP contribution is 2.20. The number of alkyl carbamates (subject to hydrolysis) is 1. The molecule has 1 saturated heterocycles. The molecule has 0 aromatic carbocycles. The van der Waals surface area contributed by atoms with Gasteiger partial charge < -0.3 is 10.1 Å². The summed E-state index contributed by atoms with van der Waals surface area (Å²) >= 11 is 0. The van der Waals surface area contributed by atoms with Crippen molar-refractivity contribution in [2.75, 3.05) is 6.61 Å². The summed E-state index contributed by atoms with van der Waals surface area (Å²) in [4.78, 5) is 23.2. The molecule has 1 N–H and O–H groups in total. The van der Waals surface area contributed by atoms with Crippen molar-refractivity contribution in [1.82, 2.24) is 5.32 Å². The predicted octanol–water partition coefficient (Wildman–Crippen LogP) is 3.05. The largest absolute Gasteiger partial charge is 0.447 e. The molecule has 2 atom stereocenters. The van der Waals surface area contributed by atoms with Crippen LogP contribution in [0.25, 0.3) is 0 Å². The van der Waals surface area contributed by atoms with Crippen LogP contribution in [-0.4, -0.2) is 24.5 Å². The number of amides is 1. The molecule has 104 valence electrons. The molecule has 0 aromatic rings. The van der Waals surface area contributed by atoms with Crippen LogP contribution < -0.4 is 5.32 Å². The lowest BCUT2D eigenvalue weighted by Gasteiger charge is -2.17. The summed E-state index contributed by atoms with van der Waals surface area (Å²) in [5, 5.41) is 2.58. The van der Waals surface area contributed by atoms with E-state index < -0.39 is 12.1 Å². The van der Waals surface area contributed by atoms with E-state index >= 15 is 0 Å². The van der Waals surface area contributed by atoms with E-state index in [1.54, 1.807) is 0 Å². The zero-order valence-corrected chi connectivity index (χ0v) is 11.5. The van der Waals surface area contributed by atoms with Crippen LogP contribution in [0.2, 0.25) is 0 Å². The number of ketones is 1. The van der Waals surface area contributed by atoms with Gasteiger partial charge in [-0.05, 0) is 12.8 Å². The molecule has 1 fully saturated rings. The third-order valence-electron chi connectivity index (χ3n) is 3.46. The van der Waals surface area contributed by atoms with Crippen LogP contribution in [0.1, 0.15) is 58.8 Å². The highest BCUT2D eigenvalue weighted by Gasteiger charge is 2.32. The van der Waals surface area contributed by atoms with Gasteiger partial charge in [-0.25, -0.2) is 4.79 Å². The number of carbonyl (C=O) groups excluding carboxylic acids is 2. The van der Waals surface area contributed by atoms with Gasteiger partial charge in [0.25, 0.3) is 0 Å². The second-order valence-corrected chi connectivity index (χ2v) is 5.03. The van der Waals surface area contributed by atoms with Crippen LogP contribution in [0.4, 0.5) is 4.79 Å². The third kappa shape index (κ3) is 4.67. The lowest BCUT2D eigenvalue weighted by atomic mass is 9.89. The van der Waals surface area contributed by atoms with Crippen LogP contribution in [0, 0.1) is 5.92 Å². The van der Waals surface area contributed by atoms with E-state index in [9.17, 15) is 9.59 Å². The van der Waals surface area contributed by atoms with Gasteiger partial charge in [-0.1, -0.05) is 46.0 Å². The van der Waals surface area contributed by atoms with Crippen LogP contribution in [0.3, 0.4) is 0 Å². The van der Waals surface area contributed by atoms with E-state index in [-0.39, 0.29) is 18.3 Å². The van der Waals surface area contributed by atoms with Crippen molar-refractivity contribution < 1.29 is 14.3 Å². The number of hydrogen-bond acceptors (Lipinski definition) is 3. The number of Topliss-reactive ketones (excluding diaryl/α,β-unsaturated/α-hetero) is 1. The lowest BCUT2D eigenvalue weighted by Crippen LogP contribution is -2.38. The Kier molecular flexibility index (Phi) is 6.76. The average Bonchev–Trinajstić information content (AvgIpc) is 2.79. The van der Waals surface area contributed by atoms with E-state index in [0.717, 1.165) is 25.7 Å². The molecule has 1 unspecified atom stereocenters. The summed E-state index contributed by atoms with van der Waals surface area (Å²) in [7, 11) is 0. The fraction of sp³-hybridized carbons (Fsp3) is 0.857. The van der Waals surface area contributed by atoms with Gasteiger partial charge in [0.2, 0.25) is 0 Å². The lowest BCUT2D eigenvalue weighted by molar-refractivity contribution is -0.125. The minimum absolute atomic E-state index is 0.0823. The van der Waals surface area contributed by atoms with Gasteiger partial charge >= 0.3 is 6.09 Å². The molecule has 1 aliphatic rings. The first-order valence-corrected chi connectivity index (χ1v) is 7.16. The highest BCUT2D eigenvalue weighted by atomic mass is 16.6. The van der Waals surface area contributed by atoms with E-state index in [1.165, 1.54) is 19.3 Å². The maximum absolute atomic E-state index is 12.3. The second-order valence-electron chi connectivity index (χ2n) is 5.03. The molecule has 1 aliphatic heterocycles. The number of hydrogen-bond donors (Lipinski definition) is 1. The van der Waals surface area contributed by atoms with Crippen molar-refractivity contribution in [2.45, 2.75) is 64.8 Å². The standard InChI is InChI=1S/C14H25NO3/c1-3-5-6-7-9-11(8-4-2)13(16)12-10-18-14(17)15-12/h11-12H,3-10H2,1-2H3,(H,15,17)/t11?,12-/m0/s1. The molecule has 0 radical (unpaired) electrons. The van der Waals surface area contributed by atoms with Gasteiger partial charge in [0.15, 0.2) is 5.78 Å². The first kappa shape index (κ1) is 15.0. The molecule has 1 heterocycles. The van der Waals surface area contributed by atoms with Gasteiger partial charge in [0, 0.05) is 5.92 Å². The normalized spacial score (nSPS) is 20.3. The van der Waals surface area contributed by atoms with Gasteiger partial charge in [-0.15, -0.1) is 0 Å². The Labute approximate surface area is 109 Å². The van der Waals surface area contributed by atoms with Crippen LogP contribution in [-0.2, 0) is 9.53 Å². The van der Waals surface area contributed by atoms with Crippen molar-refractivity contribution in [1.29, 1.82) is 0 Å². The van der Waals surface area contributed by atoms with Crippen molar-refractivity contribution in [2.24, 2.45) is 5.92 Å². The van der Waals surface area contributed by atoms with E-state index in [2.05, 4.69) is 19.2 Å². The molecule has 4 nitrogen and oxygen atoms in total. The fourth-order valence-corrected chi connectivity index (χ4v) is 2.42. The monoisotopic (exact) mass is 255 g/mol. The molecule has 0 spiro atoms. The Hall–Kier alpha value is -1.06. The molecule has 1 rings (SSSR count). The molecule has 4 heteroatoms. The van der Waals surface area contributed by atoms with Crippen LogP contribution >= 0.6 is 0 Å². The number of cyclic esters (lactones) is 1. The van der Waals surface area contributed by atoms with Crippen LogP contribution in [0.5, 0.6) is 0 Å². The third-order valence-corrected chi connectivity index (χ3v) is 3.46. The molecule has 0 bridgehead atoms. The first-order valence-electron chi connectivity index (χ1n) is 7.16. The van der Waals surface area contributed by atoms with Gasteiger partial charge in [-0.3, -0.25) is 4.79 Å². The number of carbonyl (C=O) groups is 2. The van der Waals surface area contributed by atoms with Crippen molar-refractivity contribution in [3.05, 3.63) is 0 Å². The van der Waals surface area contributed by atoms with E-state index in [0.29, 0.717) is 0 Å². The molecular weight excluding hydrogens is 230 g/mol. The van der Waals surface area contributed by atoms with Crippen molar-refractivity contribution in [3.63, 3.8) is 0 Å². The number of nitrogens with one attached hydrogen (secondary N) is 1. The quantitative estimate of drug-likeness (QED) is 0.644. The van der Waals surface area contributed by atoms with Crippen molar-refractivity contribution in [3.8, 4) is 0 Å². The summed E-state index contributed by atoms with van der Waals surface area (Å²) in [5.74, 6) is 0.234. The smallest absolute Gasteiger partial charge is 0.407 e. The Morgan fingerprint density at radius 1 is 1.28 bits per heavy atom. The second kappa shape index (κ2) is 8.11. The first-order chi connectivity index (χ1) is 8.69. The molecule has 0 saturated carbocycles. The van der Waals surface area contributed by atoms with Gasteiger partial charge in [0.1, 0.15) is 12.6 Å². The Balaban J connectivity index is 2.39. The minimum Gasteiger partial charge on any atom is -0.447 e. The zero-order valence-electron chi connectivity index (χ0n) is 11.5. The van der Waals surface area contributed by atoms with Crippen LogP contribution in [0.15, 0.2) is 0 Å². The number of ether oxygens (including phenoxy) is 1. The van der Waals surface area contributed by atoms with E-state index in [1.807, 2.05) is 0 Å². The molecule has 18 heavy (non-hydrogen) atoms. The zero-order chi connectivity index (χ0) is 13.4. The number of unbranched alkanes of at least 4 members (excludes halogenated alkanes) is 3.